The smallest absolute Gasteiger partial charge is 0.270 e. The lowest BCUT2D eigenvalue weighted by atomic mass is 10.2. The van der Waals surface area contributed by atoms with Crippen LogP contribution in [0.15, 0.2) is 41.1 Å². The highest BCUT2D eigenvalue weighted by atomic mass is 79.9. The summed E-state index contributed by atoms with van der Waals surface area (Å²) in [5, 5.41) is 13.4. The number of benzene rings is 1. The fourth-order valence-corrected chi connectivity index (χ4v) is 2.05. The third-order valence-corrected chi connectivity index (χ3v) is 3.23. The van der Waals surface area contributed by atoms with Gasteiger partial charge in [-0.2, -0.15) is 0 Å². The lowest BCUT2D eigenvalue weighted by molar-refractivity contribution is -0.384. The van der Waals surface area contributed by atoms with E-state index in [0.717, 1.165) is 5.56 Å². The number of rotatable bonds is 3. The molecule has 0 aliphatic rings. The molecule has 0 saturated carbocycles. The standard InChI is InChI=1S/C13H10BrN3O3/c1-8-4-9(7-15-6-8)16-13(18)11-5-10(17(19)20)2-3-12(11)14/h2-7H,1H3,(H,16,18). The Kier molecular flexibility index (Phi) is 4.09. The first-order valence-electron chi connectivity index (χ1n) is 5.64. The molecule has 2 rings (SSSR count). The summed E-state index contributed by atoms with van der Waals surface area (Å²) in [6.45, 7) is 1.85. The molecular weight excluding hydrogens is 326 g/mol. The molecule has 0 aliphatic heterocycles. The third-order valence-electron chi connectivity index (χ3n) is 2.54. The van der Waals surface area contributed by atoms with Gasteiger partial charge in [-0.3, -0.25) is 19.9 Å². The minimum Gasteiger partial charge on any atom is -0.321 e. The summed E-state index contributed by atoms with van der Waals surface area (Å²) < 4.78 is 0.487. The number of halogens is 1. The van der Waals surface area contributed by atoms with Crippen LogP contribution in [0.5, 0.6) is 0 Å². The van der Waals surface area contributed by atoms with Gasteiger partial charge in [0, 0.05) is 22.8 Å². The van der Waals surface area contributed by atoms with Crippen molar-refractivity contribution in [3.63, 3.8) is 0 Å². The van der Waals surface area contributed by atoms with Crippen molar-refractivity contribution in [3.05, 3.63) is 62.4 Å². The van der Waals surface area contributed by atoms with Gasteiger partial charge in [0.1, 0.15) is 0 Å². The number of non-ortho nitro benzene ring substituents is 1. The van der Waals surface area contributed by atoms with E-state index in [-0.39, 0.29) is 11.3 Å². The summed E-state index contributed by atoms with van der Waals surface area (Å²) in [7, 11) is 0. The van der Waals surface area contributed by atoms with Crippen LogP contribution in [0.2, 0.25) is 0 Å². The Labute approximate surface area is 123 Å². The van der Waals surface area contributed by atoms with Gasteiger partial charge >= 0.3 is 0 Å². The maximum atomic E-state index is 12.1. The molecule has 0 spiro atoms. The number of aromatic nitrogens is 1. The van der Waals surface area contributed by atoms with Gasteiger partial charge in [0.25, 0.3) is 11.6 Å². The van der Waals surface area contributed by atoms with Crippen molar-refractivity contribution in [2.24, 2.45) is 0 Å². The normalized spacial score (nSPS) is 10.1. The average Bonchev–Trinajstić information content (AvgIpc) is 2.38. The van der Waals surface area contributed by atoms with E-state index in [1.54, 1.807) is 12.3 Å². The maximum Gasteiger partial charge on any atom is 0.270 e. The molecule has 0 radical (unpaired) electrons. The van der Waals surface area contributed by atoms with Crippen LogP contribution in [-0.4, -0.2) is 15.8 Å². The number of nitro benzene ring substituents is 1. The van der Waals surface area contributed by atoms with Gasteiger partial charge in [0.2, 0.25) is 0 Å². The van der Waals surface area contributed by atoms with Gasteiger partial charge in [-0.05, 0) is 40.5 Å². The van der Waals surface area contributed by atoms with Gasteiger partial charge < -0.3 is 5.32 Å². The summed E-state index contributed by atoms with van der Waals surface area (Å²) in [5.74, 6) is -0.437. The second kappa shape index (κ2) is 5.79. The third kappa shape index (κ3) is 3.18. The molecule has 1 aromatic carbocycles. The summed E-state index contributed by atoms with van der Waals surface area (Å²) >= 11 is 3.21. The summed E-state index contributed by atoms with van der Waals surface area (Å²) in [5.41, 5.74) is 1.50. The fraction of sp³-hybridized carbons (Fsp3) is 0.0769. The van der Waals surface area contributed by atoms with E-state index in [2.05, 4.69) is 26.2 Å². The molecular formula is C13H10BrN3O3. The molecule has 1 N–H and O–H groups in total. The number of nitrogens with one attached hydrogen (secondary N) is 1. The van der Waals surface area contributed by atoms with Crippen LogP contribution in [0.25, 0.3) is 0 Å². The summed E-state index contributed by atoms with van der Waals surface area (Å²) in [6, 6.07) is 5.79. The first-order chi connectivity index (χ1) is 9.47. The average molecular weight is 336 g/mol. The zero-order chi connectivity index (χ0) is 14.7. The largest absolute Gasteiger partial charge is 0.321 e. The molecule has 0 fully saturated rings. The SMILES string of the molecule is Cc1cncc(NC(=O)c2cc([N+](=O)[O-])ccc2Br)c1. The number of anilines is 1. The monoisotopic (exact) mass is 335 g/mol. The highest BCUT2D eigenvalue weighted by Crippen LogP contribution is 2.23. The first-order valence-corrected chi connectivity index (χ1v) is 6.43. The lowest BCUT2D eigenvalue weighted by Crippen LogP contribution is -2.13. The number of nitrogens with zero attached hydrogens (tertiary/aromatic N) is 2. The van der Waals surface area contributed by atoms with Gasteiger partial charge in [0.05, 0.1) is 22.4 Å². The van der Waals surface area contributed by atoms with Crippen molar-refractivity contribution in [1.29, 1.82) is 0 Å². The van der Waals surface area contributed by atoms with Crippen LogP contribution >= 0.6 is 15.9 Å². The van der Waals surface area contributed by atoms with Crippen molar-refractivity contribution in [2.45, 2.75) is 6.92 Å². The Balaban J connectivity index is 2.29. The van der Waals surface area contributed by atoms with E-state index in [1.165, 1.54) is 24.4 Å². The van der Waals surface area contributed by atoms with Crippen LogP contribution in [-0.2, 0) is 0 Å². The van der Waals surface area contributed by atoms with Crippen molar-refractivity contribution in [1.82, 2.24) is 4.98 Å². The van der Waals surface area contributed by atoms with Gasteiger partial charge in [-0.15, -0.1) is 0 Å². The Morgan fingerprint density at radius 2 is 2.10 bits per heavy atom. The van der Waals surface area contributed by atoms with E-state index in [9.17, 15) is 14.9 Å². The van der Waals surface area contributed by atoms with E-state index in [4.69, 9.17) is 0 Å². The molecule has 1 aromatic heterocycles. The summed E-state index contributed by atoms with van der Waals surface area (Å²) in [4.78, 5) is 26.3. The number of nitro groups is 1. The molecule has 7 heteroatoms. The molecule has 0 bridgehead atoms. The molecule has 1 heterocycles. The predicted molar refractivity (Wildman–Crippen MR) is 77.7 cm³/mol. The highest BCUT2D eigenvalue weighted by Gasteiger charge is 2.15. The second-order valence-electron chi connectivity index (χ2n) is 4.13. The van der Waals surface area contributed by atoms with Crippen LogP contribution in [0.3, 0.4) is 0 Å². The molecule has 1 amide bonds. The Bertz CT molecular complexity index is 688. The number of carbonyl (C=O) groups excluding carboxylic acids is 1. The quantitative estimate of drug-likeness (QED) is 0.688. The molecule has 20 heavy (non-hydrogen) atoms. The first kappa shape index (κ1) is 14.1. The summed E-state index contributed by atoms with van der Waals surface area (Å²) in [6.07, 6.45) is 3.18. The highest BCUT2D eigenvalue weighted by molar-refractivity contribution is 9.10. The van der Waals surface area contributed by atoms with E-state index in [1.807, 2.05) is 6.92 Å². The molecule has 0 atom stereocenters. The number of hydrogen-bond acceptors (Lipinski definition) is 4. The van der Waals surface area contributed by atoms with Gasteiger partial charge in [0.15, 0.2) is 0 Å². The maximum absolute atomic E-state index is 12.1. The Morgan fingerprint density at radius 3 is 2.75 bits per heavy atom. The van der Waals surface area contributed by atoms with Crippen LogP contribution < -0.4 is 5.32 Å². The number of amides is 1. The lowest BCUT2D eigenvalue weighted by Gasteiger charge is -2.07. The minimum atomic E-state index is -0.544. The number of pyridine rings is 1. The minimum absolute atomic E-state index is 0.138. The zero-order valence-corrected chi connectivity index (χ0v) is 12.0. The Morgan fingerprint density at radius 1 is 1.35 bits per heavy atom. The van der Waals surface area contributed by atoms with Crippen molar-refractivity contribution in [3.8, 4) is 0 Å². The van der Waals surface area contributed by atoms with Crippen LogP contribution in [0.1, 0.15) is 15.9 Å². The van der Waals surface area contributed by atoms with Crippen molar-refractivity contribution in [2.75, 3.05) is 5.32 Å². The van der Waals surface area contributed by atoms with Gasteiger partial charge in [-0.25, -0.2) is 0 Å². The van der Waals surface area contributed by atoms with E-state index >= 15 is 0 Å². The topological polar surface area (TPSA) is 85.1 Å². The van der Waals surface area contributed by atoms with Crippen molar-refractivity contribution < 1.29 is 9.72 Å². The molecule has 6 nitrogen and oxygen atoms in total. The molecule has 0 unspecified atom stereocenters. The van der Waals surface area contributed by atoms with Crippen LogP contribution in [0.4, 0.5) is 11.4 Å². The number of hydrogen-bond donors (Lipinski definition) is 1. The second-order valence-corrected chi connectivity index (χ2v) is 4.98. The number of aryl methyl sites for hydroxylation is 1. The molecule has 0 saturated heterocycles. The van der Waals surface area contributed by atoms with Crippen LogP contribution in [0, 0.1) is 17.0 Å². The zero-order valence-electron chi connectivity index (χ0n) is 10.5. The molecule has 102 valence electrons. The molecule has 0 aliphatic carbocycles. The van der Waals surface area contributed by atoms with Gasteiger partial charge in [-0.1, -0.05) is 0 Å². The predicted octanol–water partition coefficient (Wildman–Crippen LogP) is 3.31. The van der Waals surface area contributed by atoms with E-state index in [0.29, 0.717) is 10.2 Å². The van der Waals surface area contributed by atoms with Crippen molar-refractivity contribution >= 4 is 33.2 Å². The number of carbonyl (C=O) groups is 1. The Hall–Kier alpha value is -2.28. The fourth-order valence-electron chi connectivity index (χ4n) is 1.62. The van der Waals surface area contributed by atoms with E-state index < -0.39 is 10.8 Å². The molecule has 2 aromatic rings.